The van der Waals surface area contributed by atoms with E-state index in [1.165, 1.54) is 12.3 Å². The van der Waals surface area contributed by atoms with Gasteiger partial charge in [0.15, 0.2) is 5.75 Å². The van der Waals surface area contributed by atoms with Crippen molar-refractivity contribution in [1.82, 2.24) is 9.88 Å². The maximum absolute atomic E-state index is 12.5. The Labute approximate surface area is 123 Å². The van der Waals surface area contributed by atoms with Gasteiger partial charge in [0.1, 0.15) is 0 Å². The SMILES string of the molecule is CC(C)C1CCN(C(=O)c2cncc(OS(=O)(=O)F)c2)C1. The molecule has 1 amide bonds. The Morgan fingerprint density at radius 1 is 1.48 bits per heavy atom. The molecule has 8 heteroatoms. The second kappa shape index (κ2) is 5.97. The van der Waals surface area contributed by atoms with Gasteiger partial charge >= 0.3 is 10.5 Å². The molecular weight excluding hydrogens is 299 g/mol. The molecule has 0 aliphatic carbocycles. The van der Waals surface area contributed by atoms with Crippen LogP contribution in [0, 0.1) is 11.8 Å². The van der Waals surface area contributed by atoms with E-state index in [0.717, 1.165) is 12.6 Å². The third kappa shape index (κ3) is 4.13. The van der Waals surface area contributed by atoms with Crippen LogP contribution in [-0.4, -0.2) is 37.3 Å². The third-order valence-electron chi connectivity index (χ3n) is 3.61. The fraction of sp³-hybridized carbons (Fsp3) is 0.538. The van der Waals surface area contributed by atoms with Crippen molar-refractivity contribution in [3.63, 3.8) is 0 Å². The van der Waals surface area contributed by atoms with Gasteiger partial charge < -0.3 is 9.08 Å². The molecule has 0 spiro atoms. The fourth-order valence-electron chi connectivity index (χ4n) is 2.39. The summed E-state index contributed by atoms with van der Waals surface area (Å²) in [4.78, 5) is 17.7. The van der Waals surface area contributed by atoms with Crippen molar-refractivity contribution in [3.05, 3.63) is 24.0 Å². The number of pyridine rings is 1. The summed E-state index contributed by atoms with van der Waals surface area (Å²) >= 11 is 0. The van der Waals surface area contributed by atoms with Crippen LogP contribution in [0.1, 0.15) is 30.6 Å². The minimum atomic E-state index is -5.12. The summed E-state index contributed by atoms with van der Waals surface area (Å²) in [5.74, 6) is 0.371. The molecule has 1 aliphatic rings. The van der Waals surface area contributed by atoms with Crippen molar-refractivity contribution in [3.8, 4) is 5.75 Å². The molecule has 21 heavy (non-hydrogen) atoms. The molecule has 1 fully saturated rings. The summed E-state index contributed by atoms with van der Waals surface area (Å²) < 4.78 is 37.5. The summed E-state index contributed by atoms with van der Waals surface area (Å²) in [6, 6.07) is 1.18. The van der Waals surface area contributed by atoms with Crippen molar-refractivity contribution in [1.29, 1.82) is 0 Å². The summed E-state index contributed by atoms with van der Waals surface area (Å²) in [6.45, 7) is 5.53. The van der Waals surface area contributed by atoms with Gasteiger partial charge in [0.2, 0.25) is 0 Å². The summed E-state index contributed by atoms with van der Waals surface area (Å²) in [5.41, 5.74) is 0.181. The lowest BCUT2D eigenvalue weighted by Crippen LogP contribution is -2.29. The average molecular weight is 316 g/mol. The molecule has 0 aromatic carbocycles. The Kier molecular flexibility index (Phi) is 4.46. The Hall–Kier alpha value is -1.70. The van der Waals surface area contributed by atoms with Gasteiger partial charge in [0.25, 0.3) is 5.91 Å². The van der Waals surface area contributed by atoms with E-state index in [1.54, 1.807) is 4.90 Å². The maximum Gasteiger partial charge on any atom is 0.488 e. The Bertz CT molecular complexity index is 633. The fourth-order valence-corrected chi connectivity index (χ4v) is 2.72. The molecular formula is C13H17FN2O4S. The molecule has 0 radical (unpaired) electrons. The van der Waals surface area contributed by atoms with Crippen LogP contribution in [0.15, 0.2) is 18.5 Å². The van der Waals surface area contributed by atoms with Crippen LogP contribution in [0.2, 0.25) is 0 Å². The Balaban J connectivity index is 2.12. The first-order valence-corrected chi connectivity index (χ1v) is 7.95. The van der Waals surface area contributed by atoms with Crippen molar-refractivity contribution in [2.24, 2.45) is 11.8 Å². The third-order valence-corrected chi connectivity index (χ3v) is 4.00. The van der Waals surface area contributed by atoms with E-state index < -0.39 is 10.5 Å². The van der Waals surface area contributed by atoms with Crippen LogP contribution in [-0.2, 0) is 10.5 Å². The van der Waals surface area contributed by atoms with Crippen LogP contribution >= 0.6 is 0 Å². The number of hydrogen-bond acceptors (Lipinski definition) is 5. The van der Waals surface area contributed by atoms with Crippen molar-refractivity contribution in [2.75, 3.05) is 13.1 Å². The van der Waals surface area contributed by atoms with Crippen molar-refractivity contribution in [2.45, 2.75) is 20.3 Å². The highest BCUT2D eigenvalue weighted by Crippen LogP contribution is 2.25. The van der Waals surface area contributed by atoms with Gasteiger partial charge in [0, 0.05) is 19.3 Å². The topological polar surface area (TPSA) is 76.6 Å². The quantitative estimate of drug-likeness (QED) is 0.792. The zero-order chi connectivity index (χ0) is 15.6. The first-order chi connectivity index (χ1) is 9.76. The molecule has 116 valence electrons. The number of rotatable bonds is 4. The minimum absolute atomic E-state index is 0.181. The van der Waals surface area contributed by atoms with Gasteiger partial charge in [-0.1, -0.05) is 17.7 Å². The molecule has 0 bridgehead atoms. The van der Waals surface area contributed by atoms with E-state index in [9.17, 15) is 17.1 Å². The number of carbonyl (C=O) groups excluding carboxylic acids is 1. The smallest absolute Gasteiger partial charge is 0.357 e. The normalized spacial score (nSPS) is 19.0. The predicted molar refractivity (Wildman–Crippen MR) is 73.7 cm³/mol. The zero-order valence-corrected chi connectivity index (χ0v) is 12.6. The number of aromatic nitrogens is 1. The van der Waals surface area contributed by atoms with E-state index in [2.05, 4.69) is 23.0 Å². The average Bonchev–Trinajstić information content (AvgIpc) is 2.85. The number of nitrogens with zero attached hydrogens (tertiary/aromatic N) is 2. The number of likely N-dealkylation sites (tertiary alicyclic amines) is 1. The molecule has 1 unspecified atom stereocenters. The van der Waals surface area contributed by atoms with E-state index >= 15 is 0 Å². The molecule has 0 saturated carbocycles. The minimum Gasteiger partial charge on any atom is -0.357 e. The van der Waals surface area contributed by atoms with E-state index in [-0.39, 0.29) is 17.2 Å². The molecule has 2 rings (SSSR count). The maximum atomic E-state index is 12.5. The van der Waals surface area contributed by atoms with E-state index in [0.29, 0.717) is 24.9 Å². The molecule has 1 atom stereocenters. The second-order valence-electron chi connectivity index (χ2n) is 5.43. The van der Waals surface area contributed by atoms with E-state index in [1.807, 2.05) is 0 Å². The Morgan fingerprint density at radius 3 is 2.76 bits per heavy atom. The van der Waals surface area contributed by atoms with Gasteiger partial charge in [-0.25, -0.2) is 0 Å². The lowest BCUT2D eigenvalue weighted by molar-refractivity contribution is 0.0783. The van der Waals surface area contributed by atoms with E-state index in [4.69, 9.17) is 0 Å². The molecule has 1 aromatic rings. The van der Waals surface area contributed by atoms with Crippen LogP contribution in [0.4, 0.5) is 3.89 Å². The monoisotopic (exact) mass is 316 g/mol. The summed E-state index contributed by atoms with van der Waals surface area (Å²) in [5, 5.41) is 0. The first-order valence-electron chi connectivity index (χ1n) is 6.64. The molecule has 1 aromatic heterocycles. The van der Waals surface area contributed by atoms with Gasteiger partial charge in [-0.15, -0.1) is 0 Å². The molecule has 0 N–H and O–H groups in total. The van der Waals surface area contributed by atoms with Crippen molar-refractivity contribution < 1.29 is 21.3 Å². The molecule has 6 nitrogen and oxygen atoms in total. The number of hydrogen-bond donors (Lipinski definition) is 0. The van der Waals surface area contributed by atoms with Gasteiger partial charge in [-0.2, -0.15) is 8.42 Å². The van der Waals surface area contributed by atoms with Crippen molar-refractivity contribution >= 4 is 16.4 Å². The van der Waals surface area contributed by atoms with Gasteiger partial charge in [-0.05, 0) is 24.3 Å². The zero-order valence-electron chi connectivity index (χ0n) is 11.8. The van der Waals surface area contributed by atoms with Crippen LogP contribution in [0.5, 0.6) is 5.75 Å². The lowest BCUT2D eigenvalue weighted by Gasteiger charge is -2.18. The summed E-state index contributed by atoms with van der Waals surface area (Å²) in [7, 11) is -5.12. The highest BCUT2D eigenvalue weighted by Gasteiger charge is 2.29. The molecule has 2 heterocycles. The second-order valence-corrected chi connectivity index (χ2v) is 6.38. The highest BCUT2D eigenvalue weighted by molar-refractivity contribution is 7.81. The number of amides is 1. The van der Waals surface area contributed by atoms with Crippen LogP contribution < -0.4 is 4.18 Å². The lowest BCUT2D eigenvalue weighted by atomic mass is 9.95. The van der Waals surface area contributed by atoms with Gasteiger partial charge in [0.05, 0.1) is 11.8 Å². The largest absolute Gasteiger partial charge is 0.488 e. The molecule has 1 aliphatic heterocycles. The first kappa shape index (κ1) is 15.7. The van der Waals surface area contributed by atoms with Crippen LogP contribution in [0.3, 0.4) is 0 Å². The summed E-state index contributed by atoms with van der Waals surface area (Å²) in [6.07, 6.45) is 3.28. The Morgan fingerprint density at radius 2 is 2.19 bits per heavy atom. The predicted octanol–water partition coefficient (Wildman–Crippen LogP) is 1.79. The molecule has 1 saturated heterocycles. The van der Waals surface area contributed by atoms with Crippen LogP contribution in [0.25, 0.3) is 0 Å². The number of halogens is 1. The van der Waals surface area contributed by atoms with Gasteiger partial charge in [-0.3, -0.25) is 9.78 Å². The highest BCUT2D eigenvalue weighted by atomic mass is 32.3. The number of carbonyl (C=O) groups is 1. The standard InChI is InChI=1S/C13H17FN2O4S/c1-9(2)10-3-4-16(8-10)13(17)11-5-12(7-15-6-11)20-21(14,18)19/h5-7,9-10H,3-4,8H2,1-2H3.